The van der Waals surface area contributed by atoms with Gasteiger partial charge in [-0.15, -0.1) is 0 Å². The molecule has 0 bridgehead atoms. The molecule has 1 aliphatic heterocycles. The van der Waals surface area contributed by atoms with Crippen molar-refractivity contribution in [1.82, 2.24) is 9.88 Å². The van der Waals surface area contributed by atoms with E-state index in [1.54, 1.807) is 24.3 Å². The van der Waals surface area contributed by atoms with Gasteiger partial charge < -0.3 is 4.98 Å². The number of nitrogens with zero attached hydrogens (tertiary/aromatic N) is 1. The highest BCUT2D eigenvalue weighted by molar-refractivity contribution is 14.1. The molecule has 1 N–H and O–H groups in total. The monoisotopic (exact) mass is 508 g/mol. The number of benzene rings is 2. The zero-order valence-electron chi connectivity index (χ0n) is 15.8. The first-order valence-corrected chi connectivity index (χ1v) is 12.9. The van der Waals surface area contributed by atoms with E-state index in [9.17, 15) is 8.42 Å². The van der Waals surface area contributed by atoms with Gasteiger partial charge in [0.05, 0.1) is 15.2 Å². The molecule has 1 unspecified atom stereocenters. The zero-order chi connectivity index (χ0) is 19.6. The molecule has 4 nitrogen and oxygen atoms in total. The fourth-order valence-electron chi connectivity index (χ4n) is 4.09. The molecule has 1 fully saturated rings. The normalized spacial score (nSPS) is 18.1. The number of likely N-dealkylation sites (tertiary alicyclic amines) is 1. The Morgan fingerprint density at radius 1 is 1.14 bits per heavy atom. The summed E-state index contributed by atoms with van der Waals surface area (Å²) >= 11 is 2.45. The third-order valence-corrected chi connectivity index (χ3v) is 8.31. The molecule has 4 rings (SSSR count). The number of rotatable bonds is 7. The van der Waals surface area contributed by atoms with Crippen molar-refractivity contribution in [2.45, 2.75) is 36.6 Å². The lowest BCUT2D eigenvalue weighted by Crippen LogP contribution is -2.29. The van der Waals surface area contributed by atoms with Crippen molar-refractivity contribution in [1.29, 1.82) is 0 Å². The number of fused-ring (bicyclic) bond motifs is 1. The first-order valence-electron chi connectivity index (χ1n) is 9.73. The Hall–Kier alpha value is -1.38. The van der Waals surface area contributed by atoms with Gasteiger partial charge in [-0.1, -0.05) is 46.9 Å². The van der Waals surface area contributed by atoms with Crippen LogP contribution in [0.2, 0.25) is 0 Å². The van der Waals surface area contributed by atoms with Gasteiger partial charge in [-0.25, -0.2) is 8.42 Å². The number of aromatic amines is 1. The van der Waals surface area contributed by atoms with Gasteiger partial charge in [-0.3, -0.25) is 4.90 Å². The Labute approximate surface area is 180 Å². The van der Waals surface area contributed by atoms with Gasteiger partial charge in [-0.2, -0.15) is 0 Å². The van der Waals surface area contributed by atoms with Crippen LogP contribution >= 0.6 is 22.6 Å². The summed E-state index contributed by atoms with van der Waals surface area (Å²) in [6.45, 7) is 1.19. The first kappa shape index (κ1) is 19.9. The molecule has 0 radical (unpaired) electrons. The molecule has 0 amide bonds. The predicted molar refractivity (Wildman–Crippen MR) is 123 cm³/mol. The fourth-order valence-corrected chi connectivity index (χ4v) is 6.30. The average Bonchev–Trinajstić information content (AvgIpc) is 3.34. The summed E-state index contributed by atoms with van der Waals surface area (Å²) in [5.41, 5.74) is 3.54. The smallest absolute Gasteiger partial charge is 0.178 e. The number of halogens is 1. The molecule has 2 heterocycles. The van der Waals surface area contributed by atoms with E-state index in [4.69, 9.17) is 0 Å². The summed E-state index contributed by atoms with van der Waals surface area (Å²) in [6.07, 6.45) is 6.23. The minimum atomic E-state index is -3.25. The SMILES string of the molecule is O=S(=O)(CCc1ccc2[nH]cc(CC3CCCN3CI)c2c1)c1ccccc1. The second-order valence-corrected chi connectivity index (χ2v) is 10.3. The second-order valence-electron chi connectivity index (χ2n) is 7.51. The van der Waals surface area contributed by atoms with Crippen molar-refractivity contribution in [3.63, 3.8) is 0 Å². The lowest BCUT2D eigenvalue weighted by Gasteiger charge is -2.21. The van der Waals surface area contributed by atoms with Gasteiger partial charge in [0.1, 0.15) is 0 Å². The molecule has 6 heteroatoms. The molecule has 3 aromatic rings. The van der Waals surface area contributed by atoms with Crippen molar-refractivity contribution < 1.29 is 8.42 Å². The van der Waals surface area contributed by atoms with Gasteiger partial charge in [0.15, 0.2) is 9.84 Å². The lowest BCUT2D eigenvalue weighted by atomic mass is 10.0. The van der Waals surface area contributed by atoms with E-state index in [1.165, 1.54) is 30.3 Å². The van der Waals surface area contributed by atoms with Gasteiger partial charge in [0.25, 0.3) is 0 Å². The van der Waals surface area contributed by atoms with Gasteiger partial charge in [0, 0.05) is 23.1 Å². The van der Waals surface area contributed by atoms with Crippen LogP contribution in [-0.4, -0.2) is 41.2 Å². The van der Waals surface area contributed by atoms with Crippen LogP contribution in [0.3, 0.4) is 0 Å². The molecule has 0 spiro atoms. The Balaban J connectivity index is 1.51. The van der Waals surface area contributed by atoms with Crippen LogP contribution in [-0.2, 0) is 22.7 Å². The molecule has 0 aliphatic carbocycles. The topological polar surface area (TPSA) is 53.2 Å². The highest BCUT2D eigenvalue weighted by Gasteiger charge is 2.24. The molecule has 1 aromatic heterocycles. The molecule has 1 aliphatic rings. The van der Waals surface area contributed by atoms with E-state index in [0.29, 0.717) is 17.4 Å². The van der Waals surface area contributed by atoms with Crippen LogP contribution in [0.15, 0.2) is 59.6 Å². The third-order valence-electron chi connectivity index (χ3n) is 5.70. The van der Waals surface area contributed by atoms with E-state index >= 15 is 0 Å². The maximum absolute atomic E-state index is 12.6. The summed E-state index contributed by atoms with van der Waals surface area (Å²) < 4.78 is 26.2. The predicted octanol–water partition coefficient (Wildman–Crippen LogP) is 4.58. The second kappa shape index (κ2) is 8.55. The van der Waals surface area contributed by atoms with Gasteiger partial charge >= 0.3 is 0 Å². The maximum Gasteiger partial charge on any atom is 0.178 e. The molecular weight excluding hydrogens is 483 g/mol. The van der Waals surface area contributed by atoms with Crippen molar-refractivity contribution in [2.24, 2.45) is 0 Å². The quantitative estimate of drug-likeness (QED) is 0.289. The summed E-state index contributed by atoms with van der Waals surface area (Å²) in [5, 5.41) is 1.23. The summed E-state index contributed by atoms with van der Waals surface area (Å²) in [4.78, 5) is 6.33. The number of alkyl halides is 1. The molecular formula is C22H25IN2O2S. The number of aryl methyl sites for hydroxylation is 1. The molecule has 1 atom stereocenters. The maximum atomic E-state index is 12.6. The Bertz CT molecular complexity index is 1050. The van der Waals surface area contributed by atoms with E-state index in [-0.39, 0.29) is 5.75 Å². The average molecular weight is 508 g/mol. The van der Waals surface area contributed by atoms with Crippen LogP contribution in [0, 0.1) is 0 Å². The number of aromatic nitrogens is 1. The number of hydrogen-bond donors (Lipinski definition) is 1. The third kappa shape index (κ3) is 4.28. The Kier molecular flexibility index (Phi) is 6.08. The summed E-state index contributed by atoms with van der Waals surface area (Å²) in [5.74, 6) is 0.132. The van der Waals surface area contributed by atoms with Gasteiger partial charge in [0.2, 0.25) is 0 Å². The Morgan fingerprint density at radius 2 is 1.96 bits per heavy atom. The fraction of sp³-hybridized carbons (Fsp3) is 0.364. The minimum Gasteiger partial charge on any atom is -0.361 e. The van der Waals surface area contributed by atoms with Crippen molar-refractivity contribution in [2.75, 3.05) is 16.8 Å². The van der Waals surface area contributed by atoms with Crippen LogP contribution in [0.1, 0.15) is 24.0 Å². The van der Waals surface area contributed by atoms with E-state index in [1.807, 2.05) is 12.1 Å². The van der Waals surface area contributed by atoms with E-state index in [2.05, 4.69) is 50.8 Å². The molecule has 1 saturated heterocycles. The molecule has 148 valence electrons. The van der Waals surface area contributed by atoms with E-state index in [0.717, 1.165) is 22.1 Å². The van der Waals surface area contributed by atoms with Crippen molar-refractivity contribution in [3.8, 4) is 0 Å². The summed E-state index contributed by atoms with van der Waals surface area (Å²) in [7, 11) is -3.25. The van der Waals surface area contributed by atoms with E-state index < -0.39 is 9.84 Å². The minimum absolute atomic E-state index is 0.132. The zero-order valence-corrected chi connectivity index (χ0v) is 18.7. The first-order chi connectivity index (χ1) is 13.6. The largest absolute Gasteiger partial charge is 0.361 e. The number of sulfone groups is 1. The van der Waals surface area contributed by atoms with Crippen LogP contribution < -0.4 is 0 Å². The molecule has 0 saturated carbocycles. The summed E-state index contributed by atoms with van der Waals surface area (Å²) in [6, 6.07) is 15.6. The van der Waals surface area contributed by atoms with Crippen molar-refractivity contribution in [3.05, 3.63) is 65.9 Å². The number of H-pyrrole nitrogens is 1. The number of nitrogens with one attached hydrogen (secondary N) is 1. The highest BCUT2D eigenvalue weighted by atomic mass is 127. The van der Waals surface area contributed by atoms with Crippen molar-refractivity contribution >= 4 is 43.3 Å². The standard InChI is InChI=1S/C22H25IN2O2S/c23-16-25-11-4-5-19(25)14-18-15-24-22-9-8-17(13-21(18)22)10-12-28(26,27)20-6-2-1-3-7-20/h1-3,6-9,13,15,19,24H,4-5,10-12,14,16H2. The Morgan fingerprint density at radius 3 is 2.75 bits per heavy atom. The van der Waals surface area contributed by atoms with Crippen LogP contribution in [0.25, 0.3) is 10.9 Å². The molecule has 28 heavy (non-hydrogen) atoms. The highest BCUT2D eigenvalue weighted by Crippen LogP contribution is 2.27. The van der Waals surface area contributed by atoms with Gasteiger partial charge in [-0.05, 0) is 67.6 Å². The lowest BCUT2D eigenvalue weighted by molar-refractivity contribution is 0.304. The van der Waals surface area contributed by atoms with Crippen LogP contribution in [0.4, 0.5) is 0 Å². The number of hydrogen-bond acceptors (Lipinski definition) is 3. The van der Waals surface area contributed by atoms with Crippen LogP contribution in [0.5, 0.6) is 0 Å². The molecule has 2 aromatic carbocycles.